The number of fused-ring (bicyclic) bond motifs is 1. The first-order chi connectivity index (χ1) is 16.2. The van der Waals surface area contributed by atoms with Crippen molar-refractivity contribution in [3.8, 4) is 0 Å². The van der Waals surface area contributed by atoms with E-state index in [1.807, 2.05) is 130 Å². The van der Waals surface area contributed by atoms with E-state index in [-0.39, 0.29) is 0 Å². The maximum absolute atomic E-state index is 12.3. The Kier molecular flexibility index (Phi) is 17.9. The van der Waals surface area contributed by atoms with Crippen LogP contribution in [0, 0.1) is 0 Å². The molecule has 0 saturated heterocycles. The predicted molar refractivity (Wildman–Crippen MR) is 144 cm³/mol. The largest absolute Gasteiger partial charge is 0.386 e. The second-order valence-corrected chi connectivity index (χ2v) is 5.46. The lowest BCUT2D eigenvalue weighted by Gasteiger charge is -2.02. The number of aromatic nitrogens is 1. The zero-order valence-corrected chi connectivity index (χ0v) is 22.4. The van der Waals surface area contributed by atoms with Gasteiger partial charge in [-0.15, -0.1) is 0 Å². The average molecular weight is 454 g/mol. The summed E-state index contributed by atoms with van der Waals surface area (Å²) >= 11 is 0. The van der Waals surface area contributed by atoms with Crippen molar-refractivity contribution in [1.29, 1.82) is 0 Å². The number of rotatable bonds is 2. The van der Waals surface area contributed by atoms with E-state index in [0.717, 1.165) is 16.5 Å². The van der Waals surface area contributed by atoms with Crippen molar-refractivity contribution in [2.45, 2.75) is 69.2 Å². The third-order valence-electron chi connectivity index (χ3n) is 4.07. The number of cyclic esters (lactones) is 2. The van der Waals surface area contributed by atoms with Crippen molar-refractivity contribution in [2.24, 2.45) is 7.05 Å². The summed E-state index contributed by atoms with van der Waals surface area (Å²) in [5.41, 5.74) is 3.06. The van der Waals surface area contributed by atoms with E-state index in [1.165, 1.54) is 0 Å². The summed E-state index contributed by atoms with van der Waals surface area (Å²) in [5, 5.41) is 0.921. The van der Waals surface area contributed by atoms with Gasteiger partial charge < -0.3 is 9.30 Å². The van der Waals surface area contributed by atoms with Crippen LogP contribution in [0.5, 0.6) is 0 Å². The molecule has 182 valence electrons. The van der Waals surface area contributed by atoms with Gasteiger partial charge in [-0.2, -0.15) is 0 Å². The Labute approximate surface area is 201 Å². The third-order valence-corrected chi connectivity index (χ3v) is 4.07. The summed E-state index contributed by atoms with van der Waals surface area (Å²) in [6.45, 7) is 20.0. The van der Waals surface area contributed by atoms with E-state index in [9.17, 15) is 9.59 Å². The van der Waals surface area contributed by atoms with Gasteiger partial charge in [0.1, 0.15) is 0 Å². The Bertz CT molecular complexity index is 983. The molecule has 1 aliphatic heterocycles. The van der Waals surface area contributed by atoms with Crippen LogP contribution >= 0.6 is 0 Å². The lowest BCUT2D eigenvalue weighted by atomic mass is 9.96. The molecule has 2 heterocycles. The molecule has 2 aromatic carbocycles. The maximum Gasteiger partial charge on any atom is 0.347 e. The molecule has 4 heteroatoms. The van der Waals surface area contributed by atoms with Gasteiger partial charge in [0.05, 0.1) is 11.1 Å². The topological polar surface area (TPSA) is 48.3 Å². The highest BCUT2D eigenvalue weighted by atomic mass is 16.6. The second-order valence-electron chi connectivity index (χ2n) is 5.46. The van der Waals surface area contributed by atoms with Crippen LogP contribution in [0.3, 0.4) is 0 Å². The van der Waals surface area contributed by atoms with Crippen molar-refractivity contribution in [1.82, 2.24) is 4.57 Å². The normalized spacial score (nSPS) is 11.1. The first-order valence-electron chi connectivity index (χ1n) is 12.3. The molecule has 4 nitrogen and oxygen atoms in total. The van der Waals surface area contributed by atoms with Crippen LogP contribution in [-0.2, 0) is 21.4 Å². The van der Waals surface area contributed by atoms with E-state index >= 15 is 0 Å². The van der Waals surface area contributed by atoms with Crippen LogP contribution in [0.25, 0.3) is 22.0 Å². The molecule has 0 aliphatic carbocycles. The molecule has 4 rings (SSSR count). The molecule has 0 spiro atoms. The van der Waals surface area contributed by atoms with Crippen molar-refractivity contribution >= 4 is 34.0 Å². The fraction of sp³-hybridized carbons (Fsp3) is 0.379. The van der Waals surface area contributed by atoms with Crippen molar-refractivity contribution in [2.75, 3.05) is 0 Å². The van der Waals surface area contributed by atoms with Gasteiger partial charge >= 0.3 is 11.9 Å². The zero-order chi connectivity index (χ0) is 26.0. The number of carbonyl (C=O) groups excluding carboxylic acids is 2. The molecule has 0 amide bonds. The summed E-state index contributed by atoms with van der Waals surface area (Å²) in [5.74, 6) is -1.19. The van der Waals surface area contributed by atoms with Crippen molar-refractivity contribution in [3.05, 3.63) is 71.9 Å². The lowest BCUT2D eigenvalue weighted by molar-refractivity contribution is -0.149. The Morgan fingerprint density at radius 2 is 1.06 bits per heavy atom. The van der Waals surface area contributed by atoms with Crippen LogP contribution in [0.1, 0.15) is 80.4 Å². The average Bonchev–Trinajstić information content (AvgIpc) is 3.40. The van der Waals surface area contributed by atoms with Gasteiger partial charge in [0.15, 0.2) is 0 Å². The second kappa shape index (κ2) is 18.4. The first-order valence-corrected chi connectivity index (χ1v) is 12.3. The van der Waals surface area contributed by atoms with Crippen LogP contribution in [0.2, 0.25) is 0 Å². The van der Waals surface area contributed by atoms with Gasteiger partial charge in [0.25, 0.3) is 0 Å². The molecule has 0 atom stereocenters. The number of carbonyl (C=O) groups is 2. The number of benzene rings is 2. The minimum atomic E-state index is -0.593. The summed E-state index contributed by atoms with van der Waals surface area (Å²) in [4.78, 5) is 24.5. The Morgan fingerprint density at radius 1 is 0.606 bits per heavy atom. The molecule has 0 bridgehead atoms. The van der Waals surface area contributed by atoms with E-state index in [4.69, 9.17) is 4.74 Å². The minimum Gasteiger partial charge on any atom is -0.386 e. The smallest absolute Gasteiger partial charge is 0.347 e. The summed E-state index contributed by atoms with van der Waals surface area (Å²) < 4.78 is 6.83. The number of nitrogens with zero attached hydrogens (tertiary/aromatic N) is 1. The first kappa shape index (κ1) is 32.0. The zero-order valence-electron chi connectivity index (χ0n) is 22.4. The van der Waals surface area contributed by atoms with Gasteiger partial charge in [-0.1, -0.05) is 118 Å². The number of ether oxygens (including phenoxy) is 1. The van der Waals surface area contributed by atoms with E-state index < -0.39 is 11.9 Å². The number of hydrogen-bond donors (Lipinski definition) is 0. The van der Waals surface area contributed by atoms with Gasteiger partial charge in [-0.3, -0.25) is 0 Å². The fourth-order valence-corrected chi connectivity index (χ4v) is 3.04. The molecule has 33 heavy (non-hydrogen) atoms. The number of esters is 2. The highest BCUT2D eigenvalue weighted by molar-refractivity contribution is 6.45. The fourth-order valence-electron chi connectivity index (χ4n) is 3.04. The van der Waals surface area contributed by atoms with Crippen LogP contribution in [0.4, 0.5) is 0 Å². The van der Waals surface area contributed by atoms with E-state index in [0.29, 0.717) is 16.7 Å². The Hall–Kier alpha value is -3.14. The lowest BCUT2D eigenvalue weighted by Crippen LogP contribution is -2.01. The van der Waals surface area contributed by atoms with Gasteiger partial charge in [-0.25, -0.2) is 9.59 Å². The van der Waals surface area contributed by atoms with Crippen LogP contribution < -0.4 is 0 Å². The van der Waals surface area contributed by atoms with Crippen molar-refractivity contribution < 1.29 is 14.3 Å². The molecule has 1 aliphatic rings. The monoisotopic (exact) mass is 453 g/mol. The predicted octanol–water partition coefficient (Wildman–Crippen LogP) is 8.30. The molecule has 0 radical (unpaired) electrons. The van der Waals surface area contributed by atoms with E-state index in [2.05, 4.69) is 0 Å². The standard InChI is InChI=1S/C19H13NO3.5C2H6/c1-20-11-14(13-9-5-6-10-15(13)20)17-16(18(21)23-19(17)22)12-7-3-2-4-8-12;5*1-2/h2-11H,1H3;5*1-2H3. The minimum absolute atomic E-state index is 0.326. The summed E-state index contributed by atoms with van der Waals surface area (Å²) in [6.07, 6.45) is 1.86. The van der Waals surface area contributed by atoms with Crippen LogP contribution in [-0.4, -0.2) is 16.5 Å². The molecule has 0 saturated carbocycles. The molecular formula is C29H43NO3. The van der Waals surface area contributed by atoms with Gasteiger partial charge in [0, 0.05) is 29.7 Å². The molecular weight excluding hydrogens is 410 g/mol. The molecule has 3 aromatic rings. The number of hydrogen-bond acceptors (Lipinski definition) is 3. The number of aryl methyl sites for hydroxylation is 1. The Morgan fingerprint density at radius 3 is 1.61 bits per heavy atom. The number of para-hydroxylation sites is 1. The summed E-state index contributed by atoms with van der Waals surface area (Å²) in [6, 6.07) is 16.9. The molecule has 0 fully saturated rings. The third kappa shape index (κ3) is 7.74. The quantitative estimate of drug-likeness (QED) is 0.289. The van der Waals surface area contributed by atoms with Crippen molar-refractivity contribution in [3.63, 3.8) is 0 Å². The highest BCUT2D eigenvalue weighted by Crippen LogP contribution is 2.37. The maximum atomic E-state index is 12.3. The SMILES string of the molecule is CC.CC.CC.CC.CC.Cn1cc(C2=C(c3ccccc3)C(=O)OC2=O)c2ccccc21. The molecule has 1 aromatic heterocycles. The van der Waals surface area contributed by atoms with Crippen LogP contribution in [0.15, 0.2) is 60.8 Å². The summed E-state index contributed by atoms with van der Waals surface area (Å²) in [7, 11) is 1.91. The molecule has 0 unspecified atom stereocenters. The van der Waals surface area contributed by atoms with Gasteiger partial charge in [-0.05, 0) is 11.6 Å². The Balaban J connectivity index is 0. The van der Waals surface area contributed by atoms with Gasteiger partial charge in [0.2, 0.25) is 0 Å². The molecule has 0 N–H and O–H groups in total. The van der Waals surface area contributed by atoms with E-state index in [1.54, 1.807) is 12.1 Å². The highest BCUT2D eigenvalue weighted by Gasteiger charge is 2.36.